The highest BCUT2D eigenvalue weighted by Crippen LogP contribution is 2.48. The Bertz CT molecular complexity index is 811. The molecule has 2 nitrogen and oxygen atoms in total. The van der Waals surface area contributed by atoms with Crippen LogP contribution in [0.25, 0.3) is 0 Å². The van der Waals surface area contributed by atoms with Crippen molar-refractivity contribution in [3.05, 3.63) is 108 Å². The van der Waals surface area contributed by atoms with Crippen LogP contribution in [0.5, 0.6) is 0 Å². The first-order valence-electron chi connectivity index (χ1n) is 9.85. The lowest BCUT2D eigenvalue weighted by Gasteiger charge is -2.49. The molecule has 0 spiro atoms. The molecule has 3 aromatic carbocycles. The molecule has 0 aromatic heterocycles. The minimum Gasteiger partial charge on any atom is -0.384 e. The summed E-state index contributed by atoms with van der Waals surface area (Å²) in [5.74, 6) is 0.162. The quantitative estimate of drug-likeness (QED) is 0.723. The largest absolute Gasteiger partial charge is 0.384 e. The molecular weight excluding hydrogens is 330 g/mol. The number of hydrogen-bond acceptors (Lipinski definition) is 1. The maximum absolute atomic E-state index is 12.1. The number of piperidine rings is 1. The fourth-order valence-corrected chi connectivity index (χ4v) is 4.90. The zero-order chi connectivity index (χ0) is 18.9. The molecule has 27 heavy (non-hydrogen) atoms. The van der Waals surface area contributed by atoms with Crippen LogP contribution in [0.15, 0.2) is 91.0 Å². The second kappa shape index (κ2) is 7.30. The second-order valence-corrected chi connectivity index (χ2v) is 7.83. The summed E-state index contributed by atoms with van der Waals surface area (Å²) in [4.78, 5) is 0. The third-order valence-corrected chi connectivity index (χ3v) is 6.49. The molecule has 138 valence electrons. The van der Waals surface area contributed by atoms with Gasteiger partial charge >= 0.3 is 0 Å². The van der Waals surface area contributed by atoms with E-state index in [0.29, 0.717) is 0 Å². The van der Waals surface area contributed by atoms with Crippen LogP contribution in [0.3, 0.4) is 0 Å². The molecule has 1 saturated heterocycles. The van der Waals surface area contributed by atoms with Gasteiger partial charge in [-0.3, -0.25) is 0 Å². The third kappa shape index (κ3) is 3.09. The highest BCUT2D eigenvalue weighted by atomic mass is 16.3. The lowest BCUT2D eigenvalue weighted by Crippen LogP contribution is -2.93. The van der Waals surface area contributed by atoms with E-state index in [2.05, 4.69) is 92.0 Å². The van der Waals surface area contributed by atoms with Crippen molar-refractivity contribution in [2.24, 2.45) is 11.8 Å². The predicted molar refractivity (Wildman–Crippen MR) is 109 cm³/mol. The Hall–Kier alpha value is -2.42. The van der Waals surface area contributed by atoms with Gasteiger partial charge in [0.25, 0.3) is 0 Å². The molecule has 5 atom stereocenters. The lowest BCUT2D eigenvalue weighted by molar-refractivity contribution is -0.765. The number of quaternary nitrogens is 1. The lowest BCUT2D eigenvalue weighted by atomic mass is 9.63. The van der Waals surface area contributed by atoms with Crippen LogP contribution < -0.4 is 5.32 Å². The summed E-state index contributed by atoms with van der Waals surface area (Å²) in [7, 11) is 0. The van der Waals surface area contributed by atoms with Crippen molar-refractivity contribution in [1.29, 1.82) is 0 Å². The fraction of sp³-hybridized carbons (Fsp3) is 0.280. The zero-order valence-electron chi connectivity index (χ0n) is 16.0. The molecule has 1 unspecified atom stereocenters. The Morgan fingerprint density at radius 2 is 1.00 bits per heavy atom. The molecule has 1 fully saturated rings. The zero-order valence-corrected chi connectivity index (χ0v) is 16.0. The Morgan fingerprint density at radius 3 is 1.41 bits per heavy atom. The molecule has 0 radical (unpaired) electrons. The van der Waals surface area contributed by atoms with Gasteiger partial charge in [-0.15, -0.1) is 0 Å². The smallest absolute Gasteiger partial charge is 0.118 e. The number of nitrogens with two attached hydrogens (primary N) is 1. The molecule has 0 saturated carbocycles. The van der Waals surface area contributed by atoms with Crippen LogP contribution in [-0.4, -0.2) is 5.11 Å². The maximum Gasteiger partial charge on any atom is 0.118 e. The monoisotopic (exact) mass is 358 g/mol. The van der Waals surface area contributed by atoms with Crippen LogP contribution in [-0.2, 0) is 5.60 Å². The first-order valence-corrected chi connectivity index (χ1v) is 9.85. The van der Waals surface area contributed by atoms with E-state index in [4.69, 9.17) is 0 Å². The van der Waals surface area contributed by atoms with E-state index in [-0.39, 0.29) is 23.9 Å². The summed E-state index contributed by atoms with van der Waals surface area (Å²) in [5, 5.41) is 14.6. The Labute approximate surface area is 161 Å². The first kappa shape index (κ1) is 18.0. The molecule has 0 amide bonds. The van der Waals surface area contributed by atoms with Gasteiger partial charge in [-0.05, 0) is 5.56 Å². The molecule has 1 aliphatic rings. The van der Waals surface area contributed by atoms with E-state index in [1.54, 1.807) is 0 Å². The summed E-state index contributed by atoms with van der Waals surface area (Å²) in [6.45, 7) is 4.39. The molecule has 4 rings (SSSR count). The predicted octanol–water partition coefficient (Wildman–Crippen LogP) is 4.21. The van der Waals surface area contributed by atoms with Gasteiger partial charge in [0.2, 0.25) is 0 Å². The Kier molecular flexibility index (Phi) is 4.86. The maximum atomic E-state index is 12.1. The molecule has 3 aromatic rings. The number of rotatable bonds is 3. The molecule has 1 aliphatic heterocycles. The summed E-state index contributed by atoms with van der Waals surface area (Å²) in [5.41, 5.74) is 2.66. The molecular formula is C25H28NO+. The second-order valence-electron chi connectivity index (χ2n) is 7.83. The van der Waals surface area contributed by atoms with Crippen molar-refractivity contribution in [3.63, 3.8) is 0 Å². The van der Waals surface area contributed by atoms with E-state index in [1.165, 1.54) is 11.1 Å². The fourth-order valence-electron chi connectivity index (χ4n) is 4.90. The van der Waals surface area contributed by atoms with E-state index in [0.717, 1.165) is 5.56 Å². The molecule has 3 N–H and O–H groups in total. The standard InChI is InChI=1S/C25H27NO/c1-18-23(20-12-6-3-7-13-20)26-24(21-14-8-4-9-15-21)19(2)25(18,27)22-16-10-5-11-17-22/h3-19,23-24,26-27H,1-2H3/p+1/t18-,19+,23-,24+,25?. The summed E-state index contributed by atoms with van der Waals surface area (Å²) < 4.78 is 0. The minimum absolute atomic E-state index is 0.0808. The van der Waals surface area contributed by atoms with E-state index >= 15 is 0 Å². The molecule has 1 heterocycles. The van der Waals surface area contributed by atoms with Gasteiger partial charge in [-0.2, -0.15) is 0 Å². The highest BCUT2D eigenvalue weighted by molar-refractivity contribution is 5.30. The normalized spacial score (nSPS) is 30.8. The van der Waals surface area contributed by atoms with Crippen LogP contribution in [0.1, 0.15) is 42.6 Å². The van der Waals surface area contributed by atoms with E-state index < -0.39 is 5.60 Å². The van der Waals surface area contributed by atoms with E-state index in [1.807, 2.05) is 18.2 Å². The SMILES string of the molecule is C[C@@H]1[C@H](c2ccccc2)[NH2+][C@H](c2ccccc2)[C@H](C)C1(O)c1ccccc1. The Balaban J connectivity index is 1.84. The summed E-state index contributed by atoms with van der Waals surface area (Å²) in [6.07, 6.45) is 0. The van der Waals surface area contributed by atoms with Crippen LogP contribution in [0.4, 0.5) is 0 Å². The van der Waals surface area contributed by atoms with Gasteiger partial charge < -0.3 is 10.4 Å². The summed E-state index contributed by atoms with van der Waals surface area (Å²) in [6, 6.07) is 31.8. The molecule has 0 bridgehead atoms. The van der Waals surface area contributed by atoms with Crippen molar-refractivity contribution >= 4 is 0 Å². The topological polar surface area (TPSA) is 36.8 Å². The number of benzene rings is 3. The van der Waals surface area contributed by atoms with Crippen molar-refractivity contribution in [2.75, 3.05) is 0 Å². The highest BCUT2D eigenvalue weighted by Gasteiger charge is 2.54. The first-order chi connectivity index (χ1) is 13.1. The van der Waals surface area contributed by atoms with Gasteiger partial charge in [0.15, 0.2) is 0 Å². The summed E-state index contributed by atoms with van der Waals surface area (Å²) >= 11 is 0. The van der Waals surface area contributed by atoms with Crippen LogP contribution in [0, 0.1) is 11.8 Å². The molecule has 0 aliphatic carbocycles. The number of aliphatic hydroxyl groups is 1. The number of hydrogen-bond donors (Lipinski definition) is 2. The van der Waals surface area contributed by atoms with Gasteiger partial charge in [-0.25, -0.2) is 0 Å². The van der Waals surface area contributed by atoms with E-state index in [9.17, 15) is 5.11 Å². The van der Waals surface area contributed by atoms with Gasteiger partial charge in [0.05, 0.1) is 0 Å². The minimum atomic E-state index is -0.892. The van der Waals surface area contributed by atoms with Gasteiger partial charge in [-0.1, -0.05) is 105 Å². The average molecular weight is 359 g/mol. The van der Waals surface area contributed by atoms with Gasteiger partial charge in [0.1, 0.15) is 17.7 Å². The van der Waals surface area contributed by atoms with Crippen molar-refractivity contribution in [2.45, 2.75) is 31.5 Å². The van der Waals surface area contributed by atoms with Crippen molar-refractivity contribution in [1.82, 2.24) is 0 Å². The van der Waals surface area contributed by atoms with Crippen molar-refractivity contribution < 1.29 is 10.4 Å². The van der Waals surface area contributed by atoms with Crippen LogP contribution >= 0.6 is 0 Å². The molecule has 2 heteroatoms. The average Bonchev–Trinajstić information content (AvgIpc) is 2.74. The third-order valence-electron chi connectivity index (χ3n) is 6.49. The van der Waals surface area contributed by atoms with Gasteiger partial charge in [0, 0.05) is 23.0 Å². The van der Waals surface area contributed by atoms with Crippen LogP contribution in [0.2, 0.25) is 0 Å². The van der Waals surface area contributed by atoms with Crippen molar-refractivity contribution in [3.8, 4) is 0 Å². The Morgan fingerprint density at radius 1 is 0.630 bits per heavy atom.